The minimum absolute atomic E-state index is 0.204. The molecule has 0 aliphatic carbocycles. The second-order valence-corrected chi connectivity index (χ2v) is 6.17. The molecule has 0 radical (unpaired) electrons. The zero-order valence-corrected chi connectivity index (χ0v) is 15.1. The molecule has 0 bridgehead atoms. The van der Waals surface area contributed by atoms with E-state index < -0.39 is 0 Å². The minimum atomic E-state index is -0.313. The van der Waals surface area contributed by atoms with Crippen molar-refractivity contribution in [2.45, 2.75) is 6.54 Å². The molecule has 0 fully saturated rings. The fourth-order valence-corrected chi connectivity index (χ4v) is 2.54. The second kappa shape index (κ2) is 8.87. The van der Waals surface area contributed by atoms with Crippen molar-refractivity contribution in [3.8, 4) is 0 Å². The number of carbonyl (C=O) groups is 2. The van der Waals surface area contributed by atoms with Gasteiger partial charge in [0.25, 0.3) is 5.91 Å². The highest BCUT2D eigenvalue weighted by molar-refractivity contribution is 6.30. The van der Waals surface area contributed by atoms with E-state index in [2.05, 4.69) is 10.6 Å². The first kappa shape index (κ1) is 18.5. The summed E-state index contributed by atoms with van der Waals surface area (Å²) in [6, 6.07) is 17.7. The van der Waals surface area contributed by atoms with Gasteiger partial charge in [-0.2, -0.15) is 0 Å². The van der Waals surface area contributed by atoms with Crippen molar-refractivity contribution in [2.24, 2.45) is 0 Å². The van der Waals surface area contributed by atoms with Crippen LogP contribution in [0.3, 0.4) is 0 Å². The number of carbonyl (C=O) groups excluding carboxylic acids is 2. The average molecular weight is 381 g/mol. The number of nitrogens with one attached hydrogen (secondary N) is 2. The van der Waals surface area contributed by atoms with E-state index >= 15 is 0 Å². The first-order valence-electron chi connectivity index (χ1n) is 8.25. The van der Waals surface area contributed by atoms with Crippen LogP contribution in [0.2, 0.25) is 5.02 Å². The molecule has 5 nitrogen and oxygen atoms in total. The molecule has 1 heterocycles. The highest BCUT2D eigenvalue weighted by Gasteiger charge is 2.08. The van der Waals surface area contributed by atoms with E-state index in [0.29, 0.717) is 17.3 Å². The Kier molecular flexibility index (Phi) is 6.07. The van der Waals surface area contributed by atoms with Crippen molar-refractivity contribution < 1.29 is 14.0 Å². The topological polar surface area (TPSA) is 71.3 Å². The van der Waals surface area contributed by atoms with E-state index in [1.165, 1.54) is 12.3 Å². The predicted octanol–water partition coefficient (Wildman–Crippen LogP) is 4.51. The largest absolute Gasteiger partial charge is 0.459 e. The number of anilines is 1. The quantitative estimate of drug-likeness (QED) is 0.618. The van der Waals surface area contributed by atoms with Gasteiger partial charge in [0.15, 0.2) is 5.76 Å². The average Bonchev–Trinajstić information content (AvgIpc) is 3.21. The SMILES string of the molecule is O=C(/C=C/c1cccc(Cl)c1)NCc1ccc(NC(=O)c2ccco2)cc1. The van der Waals surface area contributed by atoms with E-state index in [-0.39, 0.29) is 17.6 Å². The summed E-state index contributed by atoms with van der Waals surface area (Å²) in [5.41, 5.74) is 2.41. The van der Waals surface area contributed by atoms with Crippen molar-refractivity contribution in [3.63, 3.8) is 0 Å². The first-order valence-corrected chi connectivity index (χ1v) is 8.63. The van der Waals surface area contributed by atoms with Crippen molar-refractivity contribution in [1.82, 2.24) is 5.32 Å². The van der Waals surface area contributed by atoms with Crippen LogP contribution in [0.4, 0.5) is 5.69 Å². The Labute approximate surface area is 161 Å². The third-order valence-corrected chi connectivity index (χ3v) is 3.93. The molecule has 0 spiro atoms. The maximum absolute atomic E-state index is 11.9. The molecule has 2 amide bonds. The lowest BCUT2D eigenvalue weighted by Gasteiger charge is -2.06. The Balaban J connectivity index is 1.49. The normalized spacial score (nSPS) is 10.7. The number of furan rings is 1. The molecule has 0 aliphatic rings. The predicted molar refractivity (Wildman–Crippen MR) is 105 cm³/mol. The van der Waals surface area contributed by atoms with Gasteiger partial charge in [-0.05, 0) is 53.6 Å². The molecule has 3 aromatic rings. The summed E-state index contributed by atoms with van der Waals surface area (Å²) >= 11 is 5.91. The minimum Gasteiger partial charge on any atom is -0.459 e. The van der Waals surface area contributed by atoms with Gasteiger partial charge in [-0.1, -0.05) is 35.9 Å². The molecule has 0 aliphatic heterocycles. The summed E-state index contributed by atoms with van der Waals surface area (Å²) in [4.78, 5) is 23.8. The van der Waals surface area contributed by atoms with Gasteiger partial charge in [-0.3, -0.25) is 9.59 Å². The third-order valence-electron chi connectivity index (χ3n) is 3.70. The van der Waals surface area contributed by atoms with Crippen LogP contribution < -0.4 is 10.6 Å². The summed E-state index contributed by atoms with van der Waals surface area (Å²) < 4.78 is 5.04. The van der Waals surface area contributed by atoms with E-state index in [9.17, 15) is 9.59 Å². The van der Waals surface area contributed by atoms with Crippen LogP contribution in [0.1, 0.15) is 21.7 Å². The van der Waals surface area contributed by atoms with Gasteiger partial charge in [-0.25, -0.2) is 0 Å². The van der Waals surface area contributed by atoms with Crippen LogP contribution >= 0.6 is 11.6 Å². The van der Waals surface area contributed by atoms with Gasteiger partial charge in [0.2, 0.25) is 5.91 Å². The molecule has 136 valence electrons. The van der Waals surface area contributed by atoms with Gasteiger partial charge in [-0.15, -0.1) is 0 Å². The molecule has 3 rings (SSSR count). The molecule has 2 aromatic carbocycles. The number of hydrogen-bond donors (Lipinski definition) is 2. The highest BCUT2D eigenvalue weighted by atomic mass is 35.5. The number of rotatable bonds is 6. The second-order valence-electron chi connectivity index (χ2n) is 5.73. The van der Waals surface area contributed by atoms with Crippen LogP contribution in [0.5, 0.6) is 0 Å². The van der Waals surface area contributed by atoms with Crippen molar-refractivity contribution >= 4 is 35.2 Å². The number of benzene rings is 2. The number of amides is 2. The summed E-state index contributed by atoms with van der Waals surface area (Å²) in [6.07, 6.45) is 4.61. The van der Waals surface area contributed by atoms with Gasteiger partial charge in [0.05, 0.1) is 6.26 Å². The van der Waals surface area contributed by atoms with E-state index in [1.807, 2.05) is 24.3 Å². The Bertz CT molecular complexity index is 948. The zero-order chi connectivity index (χ0) is 19.1. The van der Waals surface area contributed by atoms with Crippen molar-refractivity contribution in [2.75, 3.05) is 5.32 Å². The molecule has 2 N–H and O–H groups in total. The Morgan fingerprint density at radius 2 is 1.85 bits per heavy atom. The van der Waals surface area contributed by atoms with Gasteiger partial charge < -0.3 is 15.1 Å². The maximum atomic E-state index is 11.9. The van der Waals surface area contributed by atoms with Crippen LogP contribution in [0.15, 0.2) is 77.4 Å². The molecule has 0 unspecified atom stereocenters. The van der Waals surface area contributed by atoms with Crippen molar-refractivity contribution in [3.05, 3.63) is 94.9 Å². The molecule has 0 saturated carbocycles. The summed E-state index contributed by atoms with van der Waals surface area (Å²) in [7, 11) is 0. The van der Waals surface area contributed by atoms with E-state index in [1.54, 1.807) is 42.5 Å². The first-order chi connectivity index (χ1) is 13.1. The molecular formula is C21H17ClN2O3. The molecule has 0 saturated heterocycles. The third kappa shape index (κ3) is 5.59. The molecule has 1 aromatic heterocycles. The summed E-state index contributed by atoms with van der Waals surface area (Å²) in [5.74, 6) is -0.268. The van der Waals surface area contributed by atoms with Gasteiger partial charge in [0, 0.05) is 23.3 Å². The monoisotopic (exact) mass is 380 g/mol. The van der Waals surface area contributed by atoms with Crippen LogP contribution in [0, 0.1) is 0 Å². The lowest BCUT2D eigenvalue weighted by atomic mass is 10.2. The lowest BCUT2D eigenvalue weighted by Crippen LogP contribution is -2.20. The fraction of sp³-hybridized carbons (Fsp3) is 0.0476. The fourth-order valence-electron chi connectivity index (χ4n) is 2.34. The summed E-state index contributed by atoms with van der Waals surface area (Å²) in [6.45, 7) is 0.380. The Morgan fingerprint density at radius 3 is 2.56 bits per heavy atom. The molecule has 0 atom stereocenters. The van der Waals surface area contributed by atoms with Crippen LogP contribution in [-0.2, 0) is 11.3 Å². The highest BCUT2D eigenvalue weighted by Crippen LogP contribution is 2.13. The molecular weight excluding hydrogens is 364 g/mol. The Hall–Kier alpha value is -3.31. The van der Waals surface area contributed by atoms with Crippen molar-refractivity contribution in [1.29, 1.82) is 0 Å². The van der Waals surface area contributed by atoms with Crippen LogP contribution in [-0.4, -0.2) is 11.8 Å². The standard InChI is InChI=1S/C21H17ClN2O3/c22-17-4-1-3-15(13-17)8-11-20(25)23-14-16-6-9-18(10-7-16)24-21(26)19-5-2-12-27-19/h1-13H,14H2,(H,23,25)(H,24,26)/b11-8+. The van der Waals surface area contributed by atoms with Gasteiger partial charge in [0.1, 0.15) is 0 Å². The smallest absolute Gasteiger partial charge is 0.291 e. The molecule has 27 heavy (non-hydrogen) atoms. The van der Waals surface area contributed by atoms with Crippen LogP contribution in [0.25, 0.3) is 6.08 Å². The summed E-state index contributed by atoms with van der Waals surface area (Å²) in [5, 5.41) is 6.16. The number of hydrogen-bond acceptors (Lipinski definition) is 3. The van der Waals surface area contributed by atoms with Gasteiger partial charge >= 0.3 is 0 Å². The lowest BCUT2D eigenvalue weighted by molar-refractivity contribution is -0.116. The maximum Gasteiger partial charge on any atom is 0.291 e. The Morgan fingerprint density at radius 1 is 1.04 bits per heavy atom. The van der Waals surface area contributed by atoms with E-state index in [0.717, 1.165) is 11.1 Å². The number of halogens is 1. The van der Waals surface area contributed by atoms with E-state index in [4.69, 9.17) is 16.0 Å². The molecule has 6 heteroatoms. The zero-order valence-electron chi connectivity index (χ0n) is 14.3.